The fourth-order valence-corrected chi connectivity index (χ4v) is 4.90. The van der Waals surface area contributed by atoms with E-state index in [0.29, 0.717) is 48.1 Å². The van der Waals surface area contributed by atoms with Crippen molar-refractivity contribution in [1.29, 1.82) is 5.26 Å². The predicted octanol–water partition coefficient (Wildman–Crippen LogP) is 3.84. The lowest BCUT2D eigenvalue weighted by molar-refractivity contribution is -0.140. The van der Waals surface area contributed by atoms with Gasteiger partial charge in [-0.1, -0.05) is 17.7 Å². The lowest BCUT2D eigenvalue weighted by Crippen LogP contribution is -2.55. The number of piperazine rings is 1. The Bertz CT molecular complexity index is 1120. The summed E-state index contributed by atoms with van der Waals surface area (Å²) in [5, 5.41) is 12.6. The third-order valence-corrected chi connectivity index (χ3v) is 6.87. The van der Waals surface area contributed by atoms with Crippen LogP contribution in [0.1, 0.15) is 40.4 Å². The van der Waals surface area contributed by atoms with Gasteiger partial charge in [-0.2, -0.15) is 5.26 Å². The molecule has 8 heteroatoms. The average Bonchev–Trinajstić information content (AvgIpc) is 3.37. The minimum absolute atomic E-state index is 0.0100. The lowest BCUT2D eigenvalue weighted by atomic mass is 10.0. The van der Waals surface area contributed by atoms with Crippen LogP contribution >= 0.6 is 11.6 Å². The number of carbonyl (C=O) groups is 2. The highest BCUT2D eigenvalue weighted by Crippen LogP contribution is 2.28. The molecule has 2 amide bonds. The van der Waals surface area contributed by atoms with Gasteiger partial charge in [0.1, 0.15) is 0 Å². The van der Waals surface area contributed by atoms with Gasteiger partial charge in [-0.25, -0.2) is 0 Å². The van der Waals surface area contributed by atoms with Gasteiger partial charge < -0.3 is 15.0 Å². The van der Waals surface area contributed by atoms with Crippen LogP contribution in [-0.2, 0) is 16.1 Å². The van der Waals surface area contributed by atoms with Crippen molar-refractivity contribution >= 4 is 29.1 Å². The average molecular weight is 481 g/mol. The minimum atomic E-state index is -0.287. The highest BCUT2D eigenvalue weighted by molar-refractivity contribution is 6.31. The second-order valence-electron chi connectivity index (χ2n) is 9.06. The molecule has 0 radical (unpaired) electrons. The minimum Gasteiger partial charge on any atom is -0.381 e. The highest BCUT2D eigenvalue weighted by atomic mass is 35.5. The van der Waals surface area contributed by atoms with Gasteiger partial charge in [-0.3, -0.25) is 14.5 Å². The zero-order valence-electron chi connectivity index (χ0n) is 19.5. The molecule has 2 aromatic carbocycles. The van der Waals surface area contributed by atoms with Crippen molar-refractivity contribution in [2.24, 2.45) is 5.92 Å². The number of halogens is 1. The lowest BCUT2D eigenvalue weighted by Gasteiger charge is -2.41. The van der Waals surface area contributed by atoms with Crippen LogP contribution in [0.3, 0.4) is 0 Å². The molecule has 1 N–H and O–H groups in total. The summed E-state index contributed by atoms with van der Waals surface area (Å²) >= 11 is 6.41. The molecule has 2 aromatic rings. The van der Waals surface area contributed by atoms with E-state index in [9.17, 15) is 9.59 Å². The van der Waals surface area contributed by atoms with Crippen molar-refractivity contribution in [2.45, 2.75) is 32.9 Å². The van der Waals surface area contributed by atoms with Gasteiger partial charge in [0.25, 0.3) is 5.91 Å². The molecule has 2 aliphatic rings. The fraction of sp³-hybridized carbons (Fsp3) is 0.423. The molecular formula is C26H29ClN4O3. The second kappa shape index (κ2) is 10.6. The van der Waals surface area contributed by atoms with E-state index in [4.69, 9.17) is 21.6 Å². The first-order valence-electron chi connectivity index (χ1n) is 11.6. The first-order chi connectivity index (χ1) is 16.4. The van der Waals surface area contributed by atoms with Gasteiger partial charge in [0.15, 0.2) is 0 Å². The standard InChI is InChI=1S/C26H29ClN4O3/c1-17-14-30(7-8-31(17)26(33)21-6-9-34-16-21)15-22-11-23(27)12-24(18(22)2)29-25(32)20-5-3-4-19(10-20)13-28/h3-5,10-12,17,21H,6-9,14-16H2,1-2H3,(H,29,32)/t17-,21+/m0/s1. The Morgan fingerprint density at radius 3 is 2.79 bits per heavy atom. The number of anilines is 1. The third-order valence-electron chi connectivity index (χ3n) is 6.65. The molecule has 0 saturated carbocycles. The Labute approximate surface area is 205 Å². The molecule has 0 bridgehead atoms. The summed E-state index contributed by atoms with van der Waals surface area (Å²) in [5.74, 6) is -0.0942. The molecule has 0 aliphatic carbocycles. The summed E-state index contributed by atoms with van der Waals surface area (Å²) in [7, 11) is 0. The maximum Gasteiger partial charge on any atom is 0.255 e. The van der Waals surface area contributed by atoms with Gasteiger partial charge >= 0.3 is 0 Å². The zero-order chi connectivity index (χ0) is 24.2. The van der Waals surface area contributed by atoms with Gasteiger partial charge in [-0.15, -0.1) is 0 Å². The summed E-state index contributed by atoms with van der Waals surface area (Å²) in [6.07, 6.45) is 0.808. The van der Waals surface area contributed by atoms with E-state index in [0.717, 1.165) is 30.6 Å². The summed E-state index contributed by atoms with van der Waals surface area (Å²) in [6, 6.07) is 12.4. The SMILES string of the molecule is Cc1c(CN2CCN(C(=O)[C@@H]3CCOC3)[C@@H](C)C2)cc(Cl)cc1NC(=O)c1cccc(C#N)c1. The highest BCUT2D eigenvalue weighted by Gasteiger charge is 2.33. The number of rotatable bonds is 5. The van der Waals surface area contributed by atoms with Gasteiger partial charge in [0.05, 0.1) is 24.2 Å². The number of hydrogen-bond acceptors (Lipinski definition) is 5. The molecule has 0 unspecified atom stereocenters. The van der Waals surface area contributed by atoms with E-state index < -0.39 is 0 Å². The number of amides is 2. The molecule has 2 heterocycles. The Morgan fingerprint density at radius 2 is 2.09 bits per heavy atom. The first kappa shape index (κ1) is 24.2. The van der Waals surface area contributed by atoms with E-state index >= 15 is 0 Å². The smallest absolute Gasteiger partial charge is 0.255 e. The topological polar surface area (TPSA) is 85.7 Å². The van der Waals surface area contributed by atoms with Crippen LogP contribution in [0.5, 0.6) is 0 Å². The largest absolute Gasteiger partial charge is 0.381 e. The molecule has 178 valence electrons. The fourth-order valence-electron chi connectivity index (χ4n) is 4.66. The van der Waals surface area contributed by atoms with Crippen molar-refractivity contribution in [3.63, 3.8) is 0 Å². The predicted molar refractivity (Wildman–Crippen MR) is 131 cm³/mol. The van der Waals surface area contributed by atoms with E-state index in [2.05, 4.69) is 23.2 Å². The number of benzene rings is 2. The number of hydrogen-bond donors (Lipinski definition) is 1. The molecule has 0 spiro atoms. The number of nitriles is 1. The van der Waals surface area contributed by atoms with Crippen molar-refractivity contribution in [2.75, 3.05) is 38.2 Å². The molecule has 2 aliphatic heterocycles. The second-order valence-corrected chi connectivity index (χ2v) is 9.50. The number of carbonyl (C=O) groups excluding carboxylic acids is 2. The van der Waals surface area contributed by atoms with Crippen LogP contribution in [0.15, 0.2) is 36.4 Å². The van der Waals surface area contributed by atoms with Crippen molar-refractivity contribution in [1.82, 2.24) is 9.80 Å². The Morgan fingerprint density at radius 1 is 1.26 bits per heavy atom. The molecule has 2 atom stereocenters. The molecule has 2 saturated heterocycles. The van der Waals surface area contributed by atoms with Crippen LogP contribution in [0.2, 0.25) is 5.02 Å². The van der Waals surface area contributed by atoms with Crippen LogP contribution < -0.4 is 5.32 Å². The number of nitrogens with zero attached hydrogens (tertiary/aromatic N) is 3. The number of ether oxygens (including phenoxy) is 1. The van der Waals surface area contributed by atoms with Crippen LogP contribution in [0.4, 0.5) is 5.69 Å². The van der Waals surface area contributed by atoms with Crippen molar-refractivity contribution in [3.8, 4) is 6.07 Å². The van der Waals surface area contributed by atoms with Crippen LogP contribution in [0, 0.1) is 24.2 Å². The van der Waals surface area contributed by atoms with Crippen molar-refractivity contribution in [3.05, 3.63) is 63.7 Å². The summed E-state index contributed by atoms with van der Waals surface area (Å²) in [5.41, 5.74) is 3.48. The van der Waals surface area contributed by atoms with Crippen LogP contribution in [-0.4, -0.2) is 60.5 Å². The van der Waals surface area contributed by atoms with Crippen molar-refractivity contribution < 1.29 is 14.3 Å². The summed E-state index contributed by atoms with van der Waals surface area (Å²) in [4.78, 5) is 29.9. The zero-order valence-corrected chi connectivity index (χ0v) is 20.3. The Hall–Kier alpha value is -2.92. The maximum absolute atomic E-state index is 12.8. The monoisotopic (exact) mass is 480 g/mol. The normalized spacial score (nSPS) is 20.7. The van der Waals surface area contributed by atoms with Crippen LogP contribution in [0.25, 0.3) is 0 Å². The Kier molecular flexibility index (Phi) is 7.52. The van der Waals surface area contributed by atoms with E-state index in [1.54, 1.807) is 30.3 Å². The Balaban J connectivity index is 1.43. The van der Waals surface area contributed by atoms with E-state index in [1.807, 2.05) is 17.9 Å². The first-order valence-corrected chi connectivity index (χ1v) is 11.9. The molecule has 0 aromatic heterocycles. The number of nitrogens with one attached hydrogen (secondary N) is 1. The third kappa shape index (κ3) is 5.41. The summed E-state index contributed by atoms with van der Waals surface area (Å²) in [6.45, 7) is 8.17. The maximum atomic E-state index is 12.8. The molecule has 4 rings (SSSR count). The summed E-state index contributed by atoms with van der Waals surface area (Å²) < 4.78 is 5.39. The van der Waals surface area contributed by atoms with Gasteiger partial charge in [0, 0.05) is 55.1 Å². The van der Waals surface area contributed by atoms with Gasteiger partial charge in [0.2, 0.25) is 5.91 Å². The quantitative estimate of drug-likeness (QED) is 0.702. The molecule has 7 nitrogen and oxygen atoms in total. The van der Waals surface area contributed by atoms with Gasteiger partial charge in [-0.05, 0) is 61.7 Å². The molecule has 34 heavy (non-hydrogen) atoms. The van der Waals surface area contributed by atoms with E-state index in [1.165, 1.54) is 0 Å². The molecule has 2 fully saturated rings. The molecular weight excluding hydrogens is 452 g/mol. The van der Waals surface area contributed by atoms with E-state index in [-0.39, 0.29) is 23.8 Å².